The summed E-state index contributed by atoms with van der Waals surface area (Å²) in [7, 11) is 0. The van der Waals surface area contributed by atoms with Crippen LogP contribution in [0.5, 0.6) is 0 Å². The van der Waals surface area contributed by atoms with E-state index < -0.39 is 5.97 Å². The van der Waals surface area contributed by atoms with E-state index in [1.807, 2.05) is 13.0 Å². The van der Waals surface area contributed by atoms with Crippen molar-refractivity contribution in [1.29, 1.82) is 0 Å². The van der Waals surface area contributed by atoms with Gasteiger partial charge in [0.15, 0.2) is 0 Å². The molecule has 0 aliphatic rings. The number of nitrogens with one attached hydrogen (secondary N) is 1. The van der Waals surface area contributed by atoms with Crippen molar-refractivity contribution in [2.24, 2.45) is 0 Å². The van der Waals surface area contributed by atoms with Crippen LogP contribution >= 0.6 is 0 Å². The number of H-pyrrole nitrogens is 1. The fraction of sp³-hybridized carbons (Fsp3) is 0.167. The van der Waals surface area contributed by atoms with E-state index in [0.29, 0.717) is 5.56 Å². The quantitative estimate of drug-likeness (QED) is 0.827. The molecule has 0 aliphatic heterocycles. The van der Waals surface area contributed by atoms with Crippen LogP contribution in [-0.2, 0) is 6.42 Å². The van der Waals surface area contributed by atoms with E-state index in [9.17, 15) is 4.79 Å². The molecule has 2 N–H and O–H groups in total. The number of aromatic nitrogens is 2. The Kier molecular flexibility index (Phi) is 2.72. The number of rotatable bonds is 3. The van der Waals surface area contributed by atoms with Crippen LogP contribution in [0.4, 0.5) is 0 Å². The monoisotopic (exact) mass is 216 g/mol. The molecule has 0 fully saturated rings. The summed E-state index contributed by atoms with van der Waals surface area (Å²) in [6, 6.07) is 6.89. The van der Waals surface area contributed by atoms with Gasteiger partial charge in [0.25, 0.3) is 0 Å². The summed E-state index contributed by atoms with van der Waals surface area (Å²) in [5, 5.41) is 9.09. The van der Waals surface area contributed by atoms with Gasteiger partial charge in [-0.25, -0.2) is 9.78 Å². The van der Waals surface area contributed by atoms with Crippen LogP contribution < -0.4 is 0 Å². The molecule has 1 aromatic carbocycles. The van der Waals surface area contributed by atoms with Gasteiger partial charge < -0.3 is 10.1 Å². The third-order valence-electron chi connectivity index (χ3n) is 2.48. The molecule has 2 rings (SSSR count). The molecule has 2 aromatic rings. The Balaban J connectivity index is 2.60. The number of aromatic amines is 1. The van der Waals surface area contributed by atoms with Crippen LogP contribution in [0.25, 0.3) is 11.3 Å². The fourth-order valence-corrected chi connectivity index (χ4v) is 1.70. The third kappa shape index (κ3) is 1.69. The lowest BCUT2D eigenvalue weighted by atomic mass is 10.0. The molecule has 1 aromatic heterocycles. The molecule has 0 radical (unpaired) electrons. The predicted octanol–water partition coefficient (Wildman–Crippen LogP) is 2.34. The molecule has 1 heterocycles. The van der Waals surface area contributed by atoms with Gasteiger partial charge in [-0.1, -0.05) is 25.1 Å². The van der Waals surface area contributed by atoms with Crippen LogP contribution in [0.3, 0.4) is 0 Å². The first-order valence-corrected chi connectivity index (χ1v) is 5.09. The summed E-state index contributed by atoms with van der Waals surface area (Å²) < 4.78 is 0. The maximum atomic E-state index is 11.1. The minimum absolute atomic E-state index is 0.282. The van der Waals surface area contributed by atoms with Crippen LogP contribution in [0.15, 0.2) is 30.6 Å². The summed E-state index contributed by atoms with van der Waals surface area (Å²) in [5.74, 6) is -0.930. The van der Waals surface area contributed by atoms with Crippen molar-refractivity contribution in [2.45, 2.75) is 13.3 Å². The second kappa shape index (κ2) is 4.18. The Labute approximate surface area is 93.0 Å². The van der Waals surface area contributed by atoms with Gasteiger partial charge in [-0.2, -0.15) is 0 Å². The molecular weight excluding hydrogens is 204 g/mol. The van der Waals surface area contributed by atoms with E-state index >= 15 is 0 Å². The number of aryl methyl sites for hydroxylation is 1. The summed E-state index contributed by atoms with van der Waals surface area (Å²) in [6.45, 7) is 2.00. The van der Waals surface area contributed by atoms with Crippen molar-refractivity contribution in [3.05, 3.63) is 41.9 Å². The highest BCUT2D eigenvalue weighted by atomic mass is 16.4. The predicted molar refractivity (Wildman–Crippen MR) is 60.4 cm³/mol. The zero-order valence-corrected chi connectivity index (χ0v) is 8.90. The van der Waals surface area contributed by atoms with E-state index in [-0.39, 0.29) is 5.56 Å². The van der Waals surface area contributed by atoms with Crippen molar-refractivity contribution in [3.63, 3.8) is 0 Å². The number of hydrogen-bond donors (Lipinski definition) is 2. The second-order valence-corrected chi connectivity index (χ2v) is 3.43. The van der Waals surface area contributed by atoms with Gasteiger partial charge >= 0.3 is 5.97 Å². The largest absolute Gasteiger partial charge is 0.478 e. The van der Waals surface area contributed by atoms with Crippen molar-refractivity contribution in [3.8, 4) is 11.3 Å². The van der Waals surface area contributed by atoms with Crippen molar-refractivity contribution in [1.82, 2.24) is 9.97 Å². The fourth-order valence-electron chi connectivity index (χ4n) is 1.70. The Morgan fingerprint density at radius 1 is 1.44 bits per heavy atom. The van der Waals surface area contributed by atoms with Gasteiger partial charge in [-0.15, -0.1) is 0 Å². The topological polar surface area (TPSA) is 66.0 Å². The minimum atomic E-state index is -0.930. The van der Waals surface area contributed by atoms with Crippen LogP contribution in [-0.4, -0.2) is 21.0 Å². The van der Waals surface area contributed by atoms with Gasteiger partial charge in [-0.3, -0.25) is 0 Å². The number of carbonyl (C=O) groups is 1. The molecule has 16 heavy (non-hydrogen) atoms. The Bertz CT molecular complexity index is 517. The standard InChI is InChI=1S/C12H12N2O2/c1-2-10-11(14-7-13-10)8-5-3-4-6-9(8)12(15)16/h3-7H,2H2,1H3,(H,13,14)(H,15,16). The number of hydrogen-bond acceptors (Lipinski definition) is 2. The molecule has 82 valence electrons. The molecule has 4 nitrogen and oxygen atoms in total. The number of benzene rings is 1. The molecular formula is C12H12N2O2. The second-order valence-electron chi connectivity index (χ2n) is 3.43. The zero-order chi connectivity index (χ0) is 11.5. The maximum Gasteiger partial charge on any atom is 0.336 e. The normalized spacial score (nSPS) is 10.3. The molecule has 0 aliphatic carbocycles. The average molecular weight is 216 g/mol. The van der Waals surface area contributed by atoms with E-state index in [1.165, 1.54) is 0 Å². The number of carboxylic acid groups (broad SMARTS) is 1. The summed E-state index contributed by atoms with van der Waals surface area (Å²) in [6.07, 6.45) is 2.39. The lowest BCUT2D eigenvalue weighted by Gasteiger charge is -2.04. The summed E-state index contributed by atoms with van der Waals surface area (Å²) in [4.78, 5) is 18.3. The molecule has 4 heteroatoms. The van der Waals surface area contributed by atoms with Crippen molar-refractivity contribution >= 4 is 5.97 Å². The average Bonchev–Trinajstić information content (AvgIpc) is 2.76. The van der Waals surface area contributed by atoms with Gasteiger partial charge in [0.05, 0.1) is 17.6 Å². The Hall–Kier alpha value is -2.10. The number of aromatic carboxylic acids is 1. The van der Waals surface area contributed by atoms with Crippen LogP contribution in [0.1, 0.15) is 23.0 Å². The zero-order valence-electron chi connectivity index (χ0n) is 8.90. The van der Waals surface area contributed by atoms with Crippen LogP contribution in [0, 0.1) is 0 Å². The lowest BCUT2D eigenvalue weighted by Crippen LogP contribution is -2.00. The first kappa shape index (κ1) is 10.4. The van der Waals surface area contributed by atoms with E-state index in [4.69, 9.17) is 5.11 Å². The molecule has 0 atom stereocenters. The van der Waals surface area contributed by atoms with Crippen molar-refractivity contribution in [2.75, 3.05) is 0 Å². The van der Waals surface area contributed by atoms with Gasteiger partial charge in [0.1, 0.15) is 0 Å². The van der Waals surface area contributed by atoms with Gasteiger partial charge in [0.2, 0.25) is 0 Å². The van der Waals surface area contributed by atoms with E-state index in [2.05, 4.69) is 9.97 Å². The van der Waals surface area contributed by atoms with Crippen LogP contribution in [0.2, 0.25) is 0 Å². The summed E-state index contributed by atoms with van der Waals surface area (Å²) in [5.41, 5.74) is 2.62. The van der Waals surface area contributed by atoms with E-state index in [1.54, 1.807) is 24.5 Å². The smallest absolute Gasteiger partial charge is 0.336 e. The Morgan fingerprint density at radius 2 is 2.19 bits per heavy atom. The number of imidazole rings is 1. The van der Waals surface area contributed by atoms with E-state index in [0.717, 1.165) is 17.8 Å². The molecule has 0 unspecified atom stereocenters. The molecule has 0 amide bonds. The molecule has 0 spiro atoms. The highest BCUT2D eigenvalue weighted by Crippen LogP contribution is 2.24. The summed E-state index contributed by atoms with van der Waals surface area (Å²) >= 11 is 0. The first-order chi connectivity index (χ1) is 7.74. The van der Waals surface area contributed by atoms with Crippen molar-refractivity contribution < 1.29 is 9.90 Å². The first-order valence-electron chi connectivity index (χ1n) is 5.09. The SMILES string of the molecule is CCc1[nH]cnc1-c1ccccc1C(=O)O. The number of nitrogens with zero attached hydrogens (tertiary/aromatic N) is 1. The molecule has 0 bridgehead atoms. The highest BCUT2D eigenvalue weighted by molar-refractivity contribution is 5.95. The minimum Gasteiger partial charge on any atom is -0.478 e. The molecule has 0 saturated carbocycles. The van der Waals surface area contributed by atoms with Gasteiger partial charge in [0, 0.05) is 11.3 Å². The third-order valence-corrected chi connectivity index (χ3v) is 2.48. The Morgan fingerprint density at radius 3 is 2.88 bits per heavy atom. The van der Waals surface area contributed by atoms with Gasteiger partial charge in [-0.05, 0) is 12.5 Å². The lowest BCUT2D eigenvalue weighted by molar-refractivity contribution is 0.0697. The maximum absolute atomic E-state index is 11.1. The highest BCUT2D eigenvalue weighted by Gasteiger charge is 2.14. The molecule has 0 saturated heterocycles. The number of carboxylic acids is 1.